The highest BCUT2D eigenvalue weighted by Crippen LogP contribution is 2.33. The number of ether oxygens (including phenoxy) is 2. The standard InChI is InChI=1S/C28H28N2O4/c1-3-32-22-15-16-24(33-4-2)23(19-22)29-25(31)17-18-26-30-27(20-11-7-5-8-12-20)28(34-26)21-13-9-6-10-14-21/h5-16,19H,3-4,17-18H2,1-2H3,(H,29,31). The van der Waals surface area contributed by atoms with Crippen molar-refractivity contribution in [3.8, 4) is 34.1 Å². The van der Waals surface area contributed by atoms with Crippen LogP contribution in [0.2, 0.25) is 0 Å². The van der Waals surface area contributed by atoms with Gasteiger partial charge in [-0.05, 0) is 26.0 Å². The molecule has 0 aliphatic carbocycles. The Morgan fingerprint density at radius 3 is 2.24 bits per heavy atom. The van der Waals surface area contributed by atoms with Gasteiger partial charge >= 0.3 is 0 Å². The fourth-order valence-corrected chi connectivity index (χ4v) is 3.63. The molecule has 6 nitrogen and oxygen atoms in total. The van der Waals surface area contributed by atoms with E-state index in [1.165, 1.54) is 0 Å². The highest BCUT2D eigenvalue weighted by molar-refractivity contribution is 5.92. The Hall–Kier alpha value is -4.06. The zero-order chi connectivity index (χ0) is 23.8. The van der Waals surface area contributed by atoms with E-state index in [1.807, 2.05) is 80.6 Å². The van der Waals surface area contributed by atoms with Crippen LogP contribution in [0.5, 0.6) is 11.5 Å². The van der Waals surface area contributed by atoms with Crippen molar-refractivity contribution in [2.75, 3.05) is 18.5 Å². The summed E-state index contributed by atoms with van der Waals surface area (Å²) in [5.41, 5.74) is 3.26. The van der Waals surface area contributed by atoms with Crippen molar-refractivity contribution < 1.29 is 18.7 Å². The highest BCUT2D eigenvalue weighted by atomic mass is 16.5. The molecule has 0 aliphatic heterocycles. The predicted molar refractivity (Wildman–Crippen MR) is 133 cm³/mol. The van der Waals surface area contributed by atoms with Crippen LogP contribution in [0.25, 0.3) is 22.6 Å². The number of nitrogens with one attached hydrogen (secondary N) is 1. The van der Waals surface area contributed by atoms with E-state index in [0.29, 0.717) is 48.5 Å². The molecule has 4 rings (SSSR count). The summed E-state index contributed by atoms with van der Waals surface area (Å²) < 4.78 is 17.3. The molecule has 1 heterocycles. The molecule has 0 atom stereocenters. The van der Waals surface area contributed by atoms with Gasteiger partial charge < -0.3 is 19.2 Å². The summed E-state index contributed by atoms with van der Waals surface area (Å²) in [6, 6.07) is 25.2. The maximum Gasteiger partial charge on any atom is 0.224 e. The maximum absolute atomic E-state index is 12.8. The lowest BCUT2D eigenvalue weighted by molar-refractivity contribution is -0.116. The van der Waals surface area contributed by atoms with Crippen LogP contribution in [-0.4, -0.2) is 24.1 Å². The fourth-order valence-electron chi connectivity index (χ4n) is 3.63. The van der Waals surface area contributed by atoms with E-state index in [9.17, 15) is 4.79 Å². The first-order valence-electron chi connectivity index (χ1n) is 11.5. The number of hydrogen-bond donors (Lipinski definition) is 1. The number of amides is 1. The quantitative estimate of drug-likeness (QED) is 0.300. The van der Waals surface area contributed by atoms with Gasteiger partial charge in [-0.1, -0.05) is 60.7 Å². The second-order valence-electron chi connectivity index (χ2n) is 7.59. The molecule has 174 valence electrons. The number of rotatable bonds is 10. The van der Waals surface area contributed by atoms with Crippen molar-refractivity contribution in [2.45, 2.75) is 26.7 Å². The minimum Gasteiger partial charge on any atom is -0.494 e. The van der Waals surface area contributed by atoms with Gasteiger partial charge in [-0.25, -0.2) is 4.98 Å². The Morgan fingerprint density at radius 2 is 1.56 bits per heavy atom. The van der Waals surface area contributed by atoms with Crippen LogP contribution in [0.4, 0.5) is 5.69 Å². The first kappa shape index (κ1) is 23.1. The molecule has 1 N–H and O–H groups in total. The lowest BCUT2D eigenvalue weighted by Crippen LogP contribution is -2.13. The first-order chi connectivity index (χ1) is 16.7. The second kappa shape index (κ2) is 11.2. The normalized spacial score (nSPS) is 10.6. The second-order valence-corrected chi connectivity index (χ2v) is 7.59. The van der Waals surface area contributed by atoms with Gasteiger partial charge in [0.15, 0.2) is 11.7 Å². The molecule has 34 heavy (non-hydrogen) atoms. The number of aromatic nitrogens is 1. The van der Waals surface area contributed by atoms with Crippen molar-refractivity contribution in [3.05, 3.63) is 84.8 Å². The van der Waals surface area contributed by atoms with Gasteiger partial charge in [0.25, 0.3) is 0 Å². The summed E-state index contributed by atoms with van der Waals surface area (Å²) in [5.74, 6) is 2.34. The number of carbonyl (C=O) groups is 1. The van der Waals surface area contributed by atoms with E-state index < -0.39 is 0 Å². The molecule has 0 unspecified atom stereocenters. The molecule has 0 spiro atoms. The van der Waals surface area contributed by atoms with Crippen molar-refractivity contribution in [3.63, 3.8) is 0 Å². The van der Waals surface area contributed by atoms with Crippen LogP contribution in [0.15, 0.2) is 83.3 Å². The maximum atomic E-state index is 12.8. The van der Waals surface area contributed by atoms with Gasteiger partial charge in [0.2, 0.25) is 5.91 Å². The molecule has 0 saturated heterocycles. The highest BCUT2D eigenvalue weighted by Gasteiger charge is 2.18. The number of benzene rings is 3. The molecule has 4 aromatic rings. The lowest BCUT2D eigenvalue weighted by atomic mass is 10.1. The van der Waals surface area contributed by atoms with Gasteiger partial charge in [0, 0.05) is 30.0 Å². The molecule has 1 aromatic heterocycles. The Labute approximate surface area is 199 Å². The molecular formula is C28H28N2O4. The third-order valence-electron chi connectivity index (χ3n) is 5.16. The van der Waals surface area contributed by atoms with Crippen molar-refractivity contribution in [1.29, 1.82) is 0 Å². The predicted octanol–water partition coefficient (Wildman–Crippen LogP) is 6.38. The van der Waals surface area contributed by atoms with E-state index in [2.05, 4.69) is 5.32 Å². The van der Waals surface area contributed by atoms with E-state index in [1.54, 1.807) is 12.1 Å². The molecule has 3 aromatic carbocycles. The largest absolute Gasteiger partial charge is 0.494 e. The summed E-state index contributed by atoms with van der Waals surface area (Å²) in [5, 5.41) is 2.94. The zero-order valence-corrected chi connectivity index (χ0v) is 19.4. The summed E-state index contributed by atoms with van der Waals surface area (Å²) in [4.78, 5) is 17.5. The first-order valence-corrected chi connectivity index (χ1v) is 11.5. The van der Waals surface area contributed by atoms with Gasteiger partial charge in [0.05, 0.1) is 18.9 Å². The summed E-state index contributed by atoms with van der Waals surface area (Å²) >= 11 is 0. The third kappa shape index (κ3) is 5.64. The van der Waals surface area contributed by atoms with Gasteiger partial charge in [-0.15, -0.1) is 0 Å². The van der Waals surface area contributed by atoms with Crippen molar-refractivity contribution in [1.82, 2.24) is 4.98 Å². The molecule has 0 radical (unpaired) electrons. The van der Waals surface area contributed by atoms with Crippen LogP contribution in [0, 0.1) is 0 Å². The Morgan fingerprint density at radius 1 is 0.882 bits per heavy atom. The van der Waals surface area contributed by atoms with Crippen LogP contribution in [0.1, 0.15) is 26.2 Å². The number of hydrogen-bond acceptors (Lipinski definition) is 5. The molecular weight excluding hydrogens is 428 g/mol. The van der Waals surface area contributed by atoms with Crippen LogP contribution < -0.4 is 14.8 Å². The minimum atomic E-state index is -0.157. The lowest BCUT2D eigenvalue weighted by Gasteiger charge is -2.13. The molecule has 0 saturated carbocycles. The Kier molecular flexibility index (Phi) is 7.60. The summed E-state index contributed by atoms with van der Waals surface area (Å²) in [6.07, 6.45) is 0.584. The molecule has 0 fully saturated rings. The van der Waals surface area contributed by atoms with Gasteiger partial charge in [0.1, 0.15) is 17.2 Å². The van der Waals surface area contributed by atoms with E-state index in [-0.39, 0.29) is 12.3 Å². The summed E-state index contributed by atoms with van der Waals surface area (Å²) in [6.45, 7) is 4.86. The molecule has 1 amide bonds. The number of carbonyl (C=O) groups excluding carboxylic acids is 1. The fraction of sp³-hybridized carbons (Fsp3) is 0.214. The number of aryl methyl sites for hydroxylation is 1. The summed E-state index contributed by atoms with van der Waals surface area (Å²) in [7, 11) is 0. The monoisotopic (exact) mass is 456 g/mol. The smallest absolute Gasteiger partial charge is 0.224 e. The molecule has 6 heteroatoms. The van der Waals surface area contributed by atoms with Gasteiger partial charge in [-0.3, -0.25) is 4.79 Å². The van der Waals surface area contributed by atoms with E-state index >= 15 is 0 Å². The van der Waals surface area contributed by atoms with Crippen LogP contribution >= 0.6 is 0 Å². The van der Waals surface area contributed by atoms with Crippen LogP contribution in [-0.2, 0) is 11.2 Å². The Balaban J connectivity index is 1.51. The minimum absolute atomic E-state index is 0.157. The third-order valence-corrected chi connectivity index (χ3v) is 5.16. The molecule has 0 bridgehead atoms. The van der Waals surface area contributed by atoms with Crippen molar-refractivity contribution in [2.24, 2.45) is 0 Å². The van der Waals surface area contributed by atoms with E-state index in [0.717, 1.165) is 16.8 Å². The average Bonchev–Trinajstić information content (AvgIpc) is 3.30. The van der Waals surface area contributed by atoms with Gasteiger partial charge in [-0.2, -0.15) is 0 Å². The van der Waals surface area contributed by atoms with Crippen LogP contribution in [0.3, 0.4) is 0 Å². The number of oxazole rings is 1. The SMILES string of the molecule is CCOc1ccc(OCC)c(NC(=O)CCc2nc(-c3ccccc3)c(-c3ccccc3)o2)c1. The molecule has 0 aliphatic rings. The topological polar surface area (TPSA) is 73.6 Å². The van der Waals surface area contributed by atoms with Crippen molar-refractivity contribution >= 4 is 11.6 Å². The van der Waals surface area contributed by atoms with E-state index in [4.69, 9.17) is 18.9 Å². The zero-order valence-electron chi connectivity index (χ0n) is 19.4. The Bertz CT molecular complexity index is 1160. The average molecular weight is 457 g/mol. The number of anilines is 1. The number of nitrogens with zero attached hydrogens (tertiary/aromatic N) is 1.